The standard InChI is InChI=1S/C15H11ClN2O/c16-14-8-11(3-6-13(14)9-17)7-10-1-4-12(5-2-10)15(18)19/h1-6,8H,7H2,(H2,18,19). The average molecular weight is 271 g/mol. The number of amides is 1. The molecule has 0 aliphatic carbocycles. The van der Waals surface area contributed by atoms with Gasteiger partial charge in [0.15, 0.2) is 0 Å². The molecule has 0 saturated heterocycles. The van der Waals surface area contributed by atoms with Gasteiger partial charge in [0.05, 0.1) is 10.6 Å². The second kappa shape index (κ2) is 5.55. The van der Waals surface area contributed by atoms with Gasteiger partial charge in [0.2, 0.25) is 5.91 Å². The van der Waals surface area contributed by atoms with Crippen LogP contribution < -0.4 is 5.73 Å². The van der Waals surface area contributed by atoms with Gasteiger partial charge >= 0.3 is 0 Å². The van der Waals surface area contributed by atoms with E-state index < -0.39 is 5.91 Å². The Morgan fingerprint density at radius 2 is 1.79 bits per heavy atom. The summed E-state index contributed by atoms with van der Waals surface area (Å²) in [5, 5.41) is 9.26. The molecule has 4 heteroatoms. The van der Waals surface area contributed by atoms with Gasteiger partial charge in [-0.2, -0.15) is 5.26 Å². The first-order valence-electron chi connectivity index (χ1n) is 5.67. The van der Waals surface area contributed by atoms with Crippen LogP contribution >= 0.6 is 11.6 Å². The molecule has 0 unspecified atom stereocenters. The van der Waals surface area contributed by atoms with Crippen LogP contribution in [0.2, 0.25) is 5.02 Å². The summed E-state index contributed by atoms with van der Waals surface area (Å²) < 4.78 is 0. The number of benzene rings is 2. The minimum Gasteiger partial charge on any atom is -0.366 e. The Balaban J connectivity index is 2.19. The zero-order valence-corrected chi connectivity index (χ0v) is 10.8. The summed E-state index contributed by atoms with van der Waals surface area (Å²) >= 11 is 5.98. The van der Waals surface area contributed by atoms with E-state index in [1.165, 1.54) is 0 Å². The van der Waals surface area contributed by atoms with Crippen LogP contribution in [-0.2, 0) is 6.42 Å². The Labute approximate surface area is 116 Å². The molecule has 2 N–H and O–H groups in total. The zero-order chi connectivity index (χ0) is 13.8. The first kappa shape index (κ1) is 13.1. The number of primary amides is 1. The van der Waals surface area contributed by atoms with Crippen molar-refractivity contribution in [2.45, 2.75) is 6.42 Å². The molecule has 0 saturated carbocycles. The van der Waals surface area contributed by atoms with Gasteiger partial charge in [0.1, 0.15) is 6.07 Å². The molecule has 2 aromatic carbocycles. The van der Waals surface area contributed by atoms with E-state index in [1.54, 1.807) is 24.3 Å². The molecule has 0 aliphatic rings. The van der Waals surface area contributed by atoms with Crippen LogP contribution in [0.25, 0.3) is 0 Å². The Bertz CT molecular complexity index is 657. The van der Waals surface area contributed by atoms with Crippen LogP contribution in [0.1, 0.15) is 27.0 Å². The summed E-state index contributed by atoms with van der Waals surface area (Å²) in [5.74, 6) is -0.437. The molecule has 0 fully saturated rings. The lowest BCUT2D eigenvalue weighted by molar-refractivity contribution is 0.100. The minimum absolute atomic E-state index is 0.437. The number of nitrogens with zero attached hydrogens (tertiary/aromatic N) is 1. The highest BCUT2D eigenvalue weighted by Crippen LogP contribution is 2.19. The highest BCUT2D eigenvalue weighted by molar-refractivity contribution is 6.31. The number of hydrogen-bond acceptors (Lipinski definition) is 2. The topological polar surface area (TPSA) is 66.9 Å². The van der Waals surface area contributed by atoms with Crippen molar-refractivity contribution in [1.82, 2.24) is 0 Å². The number of rotatable bonds is 3. The van der Waals surface area contributed by atoms with Gasteiger partial charge in [0.25, 0.3) is 0 Å². The van der Waals surface area contributed by atoms with E-state index in [0.717, 1.165) is 11.1 Å². The van der Waals surface area contributed by atoms with Crippen LogP contribution in [0, 0.1) is 11.3 Å². The molecule has 19 heavy (non-hydrogen) atoms. The molecule has 0 aromatic heterocycles. The molecular formula is C15H11ClN2O. The van der Waals surface area contributed by atoms with Crippen molar-refractivity contribution >= 4 is 17.5 Å². The van der Waals surface area contributed by atoms with Crippen molar-refractivity contribution in [3.63, 3.8) is 0 Å². The first-order valence-corrected chi connectivity index (χ1v) is 6.05. The monoisotopic (exact) mass is 270 g/mol. The zero-order valence-electron chi connectivity index (χ0n) is 10.1. The third-order valence-corrected chi connectivity index (χ3v) is 3.11. The molecule has 0 aliphatic heterocycles. The summed E-state index contributed by atoms with van der Waals surface area (Å²) in [6.45, 7) is 0. The second-order valence-electron chi connectivity index (χ2n) is 4.16. The van der Waals surface area contributed by atoms with Gasteiger partial charge in [-0.15, -0.1) is 0 Å². The van der Waals surface area contributed by atoms with E-state index in [9.17, 15) is 4.79 Å². The molecule has 2 rings (SSSR count). The van der Waals surface area contributed by atoms with Crippen molar-refractivity contribution in [2.24, 2.45) is 5.73 Å². The summed E-state index contributed by atoms with van der Waals surface area (Å²) in [6.07, 6.45) is 0.685. The summed E-state index contributed by atoms with van der Waals surface area (Å²) in [4.78, 5) is 11.0. The quantitative estimate of drug-likeness (QED) is 0.932. The van der Waals surface area contributed by atoms with Crippen LogP contribution in [-0.4, -0.2) is 5.91 Å². The van der Waals surface area contributed by atoms with Gasteiger partial charge in [0, 0.05) is 5.56 Å². The Morgan fingerprint density at radius 3 is 2.32 bits per heavy atom. The predicted octanol–water partition coefficient (Wildman–Crippen LogP) is 2.90. The van der Waals surface area contributed by atoms with Gasteiger partial charge in [-0.05, 0) is 41.8 Å². The lowest BCUT2D eigenvalue weighted by Crippen LogP contribution is -2.10. The van der Waals surface area contributed by atoms with Crippen molar-refractivity contribution in [1.29, 1.82) is 5.26 Å². The molecule has 94 valence electrons. The number of carbonyl (C=O) groups excluding carboxylic acids is 1. The van der Waals surface area contributed by atoms with Gasteiger partial charge < -0.3 is 5.73 Å². The SMILES string of the molecule is N#Cc1ccc(Cc2ccc(C(N)=O)cc2)cc1Cl. The summed E-state index contributed by atoms with van der Waals surface area (Å²) in [5.41, 5.74) is 8.19. The molecule has 1 amide bonds. The van der Waals surface area contributed by atoms with E-state index in [2.05, 4.69) is 0 Å². The third-order valence-electron chi connectivity index (χ3n) is 2.80. The number of halogens is 1. The normalized spacial score (nSPS) is 9.89. The van der Waals surface area contributed by atoms with E-state index in [4.69, 9.17) is 22.6 Å². The van der Waals surface area contributed by atoms with Crippen LogP contribution in [0.3, 0.4) is 0 Å². The maximum Gasteiger partial charge on any atom is 0.248 e. The van der Waals surface area contributed by atoms with Gasteiger partial charge in [-0.3, -0.25) is 4.79 Å². The maximum atomic E-state index is 11.0. The minimum atomic E-state index is -0.437. The molecular weight excluding hydrogens is 260 g/mol. The Hall–Kier alpha value is -2.31. The van der Waals surface area contributed by atoms with Gasteiger partial charge in [-0.1, -0.05) is 29.8 Å². The smallest absolute Gasteiger partial charge is 0.248 e. The highest BCUT2D eigenvalue weighted by atomic mass is 35.5. The third kappa shape index (κ3) is 3.12. The van der Waals surface area contributed by atoms with Crippen LogP contribution in [0.5, 0.6) is 0 Å². The Kier molecular flexibility index (Phi) is 3.84. The average Bonchev–Trinajstić information content (AvgIpc) is 2.39. The lowest BCUT2D eigenvalue weighted by atomic mass is 10.0. The highest BCUT2D eigenvalue weighted by Gasteiger charge is 2.03. The van der Waals surface area contributed by atoms with E-state index in [0.29, 0.717) is 22.6 Å². The predicted molar refractivity (Wildman–Crippen MR) is 73.9 cm³/mol. The lowest BCUT2D eigenvalue weighted by Gasteiger charge is -2.04. The Morgan fingerprint density at radius 1 is 1.16 bits per heavy atom. The maximum absolute atomic E-state index is 11.0. The molecule has 0 atom stereocenters. The number of nitriles is 1. The fourth-order valence-electron chi connectivity index (χ4n) is 1.78. The van der Waals surface area contributed by atoms with Crippen molar-refractivity contribution in [3.05, 3.63) is 69.7 Å². The van der Waals surface area contributed by atoms with Crippen molar-refractivity contribution < 1.29 is 4.79 Å². The number of nitrogens with two attached hydrogens (primary N) is 1. The molecule has 3 nitrogen and oxygen atoms in total. The summed E-state index contributed by atoms with van der Waals surface area (Å²) in [7, 11) is 0. The van der Waals surface area contributed by atoms with Crippen LogP contribution in [0.4, 0.5) is 0 Å². The largest absolute Gasteiger partial charge is 0.366 e. The fraction of sp³-hybridized carbons (Fsp3) is 0.0667. The molecule has 0 spiro atoms. The molecule has 0 radical (unpaired) electrons. The van der Waals surface area contributed by atoms with E-state index in [1.807, 2.05) is 24.3 Å². The first-order chi connectivity index (χ1) is 9.10. The van der Waals surface area contributed by atoms with E-state index in [-0.39, 0.29) is 0 Å². The fourth-order valence-corrected chi connectivity index (χ4v) is 2.03. The molecule has 0 heterocycles. The number of carbonyl (C=O) groups is 1. The van der Waals surface area contributed by atoms with Crippen molar-refractivity contribution in [3.8, 4) is 6.07 Å². The van der Waals surface area contributed by atoms with Crippen LogP contribution in [0.15, 0.2) is 42.5 Å². The summed E-state index contributed by atoms with van der Waals surface area (Å²) in [6, 6.07) is 14.5. The van der Waals surface area contributed by atoms with Crippen molar-refractivity contribution in [2.75, 3.05) is 0 Å². The second-order valence-corrected chi connectivity index (χ2v) is 4.57. The molecule has 2 aromatic rings. The number of hydrogen-bond donors (Lipinski definition) is 1. The van der Waals surface area contributed by atoms with E-state index >= 15 is 0 Å². The molecule has 0 bridgehead atoms. The van der Waals surface area contributed by atoms with Gasteiger partial charge in [-0.25, -0.2) is 0 Å².